The second-order valence-corrected chi connectivity index (χ2v) is 7.20. The molecule has 3 aromatic rings. The summed E-state index contributed by atoms with van der Waals surface area (Å²) in [7, 11) is 0. The molecule has 1 amide bonds. The first-order valence-corrected chi connectivity index (χ1v) is 9.54. The molecular formula is C21H23N5O2. The minimum Gasteiger partial charge on any atom is -0.361 e. The van der Waals surface area contributed by atoms with E-state index < -0.39 is 0 Å². The molecule has 1 fully saturated rings. The lowest BCUT2D eigenvalue weighted by atomic mass is 9.99. The summed E-state index contributed by atoms with van der Waals surface area (Å²) < 4.78 is 5.31. The smallest absolute Gasteiger partial charge is 0.256 e. The SMILES string of the molecule is Cc1cc(-c2c(C)noc2C)nc([C@@H]2CCCCN2C(=O)c2cccnc2)n1. The maximum atomic E-state index is 13.1. The second kappa shape index (κ2) is 7.50. The molecule has 0 bridgehead atoms. The zero-order valence-electron chi connectivity index (χ0n) is 16.3. The van der Waals surface area contributed by atoms with Crippen LogP contribution in [0.25, 0.3) is 11.3 Å². The minimum absolute atomic E-state index is 0.0261. The number of piperidine rings is 1. The number of pyridine rings is 1. The highest BCUT2D eigenvalue weighted by Crippen LogP contribution is 2.33. The third-order valence-electron chi connectivity index (χ3n) is 5.13. The minimum atomic E-state index is -0.152. The summed E-state index contributed by atoms with van der Waals surface area (Å²) in [5.41, 5.74) is 3.94. The van der Waals surface area contributed by atoms with E-state index in [2.05, 4.69) is 15.1 Å². The van der Waals surface area contributed by atoms with Gasteiger partial charge in [-0.2, -0.15) is 0 Å². The highest BCUT2D eigenvalue weighted by Gasteiger charge is 2.31. The van der Waals surface area contributed by atoms with E-state index in [-0.39, 0.29) is 11.9 Å². The van der Waals surface area contributed by atoms with E-state index in [0.717, 1.165) is 47.7 Å². The summed E-state index contributed by atoms with van der Waals surface area (Å²) in [6.07, 6.45) is 6.14. The van der Waals surface area contributed by atoms with E-state index >= 15 is 0 Å². The van der Waals surface area contributed by atoms with Crippen LogP contribution in [-0.4, -0.2) is 37.5 Å². The third-order valence-corrected chi connectivity index (χ3v) is 5.13. The van der Waals surface area contributed by atoms with Crippen molar-refractivity contribution in [2.45, 2.75) is 46.1 Å². The summed E-state index contributed by atoms with van der Waals surface area (Å²) >= 11 is 0. The average molecular weight is 377 g/mol. The predicted molar refractivity (Wildman–Crippen MR) is 104 cm³/mol. The number of carbonyl (C=O) groups is 1. The van der Waals surface area contributed by atoms with Gasteiger partial charge in [-0.3, -0.25) is 9.78 Å². The number of carbonyl (C=O) groups excluding carboxylic acids is 1. The number of hydrogen-bond acceptors (Lipinski definition) is 6. The first-order chi connectivity index (χ1) is 13.5. The predicted octanol–water partition coefficient (Wildman–Crippen LogP) is 3.82. The van der Waals surface area contributed by atoms with Crippen molar-refractivity contribution < 1.29 is 9.32 Å². The van der Waals surface area contributed by atoms with Crippen LogP contribution >= 0.6 is 0 Å². The van der Waals surface area contributed by atoms with Gasteiger partial charge in [0.05, 0.1) is 28.6 Å². The van der Waals surface area contributed by atoms with Crippen molar-refractivity contribution in [3.05, 3.63) is 59.1 Å². The van der Waals surface area contributed by atoms with Gasteiger partial charge in [-0.25, -0.2) is 9.97 Å². The highest BCUT2D eigenvalue weighted by atomic mass is 16.5. The quantitative estimate of drug-likeness (QED) is 0.690. The molecule has 0 N–H and O–H groups in total. The van der Waals surface area contributed by atoms with Gasteiger partial charge in [0.2, 0.25) is 0 Å². The van der Waals surface area contributed by atoms with Crippen molar-refractivity contribution in [1.29, 1.82) is 0 Å². The summed E-state index contributed by atoms with van der Waals surface area (Å²) in [5.74, 6) is 1.38. The Kier molecular flexibility index (Phi) is 4.90. The van der Waals surface area contributed by atoms with Crippen molar-refractivity contribution in [2.75, 3.05) is 6.54 Å². The molecular weight excluding hydrogens is 354 g/mol. The lowest BCUT2D eigenvalue weighted by Gasteiger charge is -2.35. The van der Waals surface area contributed by atoms with E-state index in [4.69, 9.17) is 9.51 Å². The number of likely N-dealkylation sites (tertiary alicyclic amines) is 1. The normalized spacial score (nSPS) is 17.0. The molecule has 7 heteroatoms. The van der Waals surface area contributed by atoms with Gasteiger partial charge in [0, 0.05) is 24.6 Å². The Labute approximate surface area is 163 Å². The first kappa shape index (κ1) is 18.3. The van der Waals surface area contributed by atoms with Crippen molar-refractivity contribution >= 4 is 5.91 Å². The molecule has 3 aromatic heterocycles. The van der Waals surface area contributed by atoms with Gasteiger partial charge in [-0.1, -0.05) is 5.16 Å². The monoisotopic (exact) mass is 377 g/mol. The van der Waals surface area contributed by atoms with E-state index in [9.17, 15) is 4.79 Å². The molecule has 4 rings (SSSR count). The van der Waals surface area contributed by atoms with Crippen molar-refractivity contribution in [3.8, 4) is 11.3 Å². The Balaban J connectivity index is 1.73. The van der Waals surface area contributed by atoms with Crippen LogP contribution in [-0.2, 0) is 0 Å². The van der Waals surface area contributed by atoms with Gasteiger partial charge in [-0.15, -0.1) is 0 Å². The molecule has 1 saturated heterocycles. The van der Waals surface area contributed by atoms with Crippen LogP contribution in [0.3, 0.4) is 0 Å². The molecule has 144 valence electrons. The fraction of sp³-hybridized carbons (Fsp3) is 0.381. The van der Waals surface area contributed by atoms with Gasteiger partial charge >= 0.3 is 0 Å². The largest absolute Gasteiger partial charge is 0.361 e. The molecule has 1 atom stereocenters. The molecule has 4 heterocycles. The van der Waals surface area contributed by atoms with E-state index in [1.165, 1.54) is 0 Å². The molecule has 0 radical (unpaired) electrons. The summed E-state index contributed by atoms with van der Waals surface area (Å²) in [4.78, 5) is 28.6. The van der Waals surface area contributed by atoms with Gasteiger partial charge in [0.15, 0.2) is 5.82 Å². The fourth-order valence-electron chi connectivity index (χ4n) is 3.82. The molecule has 0 saturated carbocycles. The van der Waals surface area contributed by atoms with Crippen molar-refractivity contribution in [2.24, 2.45) is 0 Å². The second-order valence-electron chi connectivity index (χ2n) is 7.20. The first-order valence-electron chi connectivity index (χ1n) is 9.54. The maximum absolute atomic E-state index is 13.1. The number of rotatable bonds is 3. The summed E-state index contributed by atoms with van der Waals surface area (Å²) in [6, 6.07) is 5.37. The van der Waals surface area contributed by atoms with Crippen molar-refractivity contribution in [1.82, 2.24) is 25.0 Å². The zero-order valence-corrected chi connectivity index (χ0v) is 16.3. The van der Waals surface area contributed by atoms with Gasteiger partial charge in [-0.05, 0) is 58.2 Å². The zero-order chi connectivity index (χ0) is 19.7. The van der Waals surface area contributed by atoms with Crippen LogP contribution in [0.1, 0.15) is 58.6 Å². The van der Waals surface area contributed by atoms with Crippen LogP contribution in [0.5, 0.6) is 0 Å². The fourth-order valence-corrected chi connectivity index (χ4v) is 3.82. The average Bonchev–Trinajstić information content (AvgIpc) is 3.06. The Hall–Kier alpha value is -3.09. The molecule has 7 nitrogen and oxygen atoms in total. The van der Waals surface area contributed by atoms with Gasteiger partial charge in [0.1, 0.15) is 5.76 Å². The van der Waals surface area contributed by atoms with Crippen LogP contribution in [0.4, 0.5) is 0 Å². The number of hydrogen-bond donors (Lipinski definition) is 0. The van der Waals surface area contributed by atoms with E-state index in [0.29, 0.717) is 17.9 Å². The van der Waals surface area contributed by atoms with Crippen LogP contribution in [0.2, 0.25) is 0 Å². The Bertz CT molecular complexity index is 980. The highest BCUT2D eigenvalue weighted by molar-refractivity contribution is 5.94. The van der Waals surface area contributed by atoms with Crippen molar-refractivity contribution in [3.63, 3.8) is 0 Å². The van der Waals surface area contributed by atoms with Crippen LogP contribution in [0, 0.1) is 20.8 Å². The van der Waals surface area contributed by atoms with E-state index in [1.54, 1.807) is 24.5 Å². The Morgan fingerprint density at radius 3 is 2.79 bits per heavy atom. The topological polar surface area (TPSA) is 85.0 Å². The number of amides is 1. The molecule has 1 aliphatic rings. The molecule has 0 spiro atoms. The molecule has 1 aliphatic heterocycles. The Morgan fingerprint density at radius 1 is 1.21 bits per heavy atom. The summed E-state index contributed by atoms with van der Waals surface area (Å²) in [6.45, 7) is 6.42. The van der Waals surface area contributed by atoms with E-state index in [1.807, 2.05) is 31.7 Å². The molecule has 28 heavy (non-hydrogen) atoms. The van der Waals surface area contributed by atoms with Gasteiger partial charge < -0.3 is 9.42 Å². The number of aromatic nitrogens is 4. The standard InChI is InChI=1S/C21H23N5O2/c1-13-11-17(19-14(2)25-28-15(19)3)24-20(23-13)18-8-4-5-10-26(18)21(27)16-7-6-9-22-12-16/h6-7,9,11-12,18H,4-5,8,10H2,1-3H3/t18-/m0/s1. The van der Waals surface area contributed by atoms with Crippen LogP contribution < -0.4 is 0 Å². The lowest BCUT2D eigenvalue weighted by Crippen LogP contribution is -2.39. The molecule has 0 aromatic carbocycles. The van der Waals surface area contributed by atoms with Crippen LogP contribution in [0.15, 0.2) is 35.1 Å². The lowest BCUT2D eigenvalue weighted by molar-refractivity contribution is 0.0599. The Morgan fingerprint density at radius 2 is 2.07 bits per heavy atom. The maximum Gasteiger partial charge on any atom is 0.256 e. The summed E-state index contributed by atoms with van der Waals surface area (Å²) in [5, 5.41) is 4.04. The number of nitrogens with zero attached hydrogens (tertiary/aromatic N) is 5. The van der Waals surface area contributed by atoms with Gasteiger partial charge in [0.25, 0.3) is 5.91 Å². The molecule has 0 unspecified atom stereocenters. The molecule has 0 aliphatic carbocycles. The third kappa shape index (κ3) is 3.40. The number of aryl methyl sites for hydroxylation is 3.